The van der Waals surface area contributed by atoms with Crippen LogP contribution in [0.4, 0.5) is 0 Å². The number of carbonyl (C=O) groups is 1. The summed E-state index contributed by atoms with van der Waals surface area (Å²) in [5.41, 5.74) is 0.569. The van der Waals surface area contributed by atoms with Crippen molar-refractivity contribution in [3.63, 3.8) is 0 Å². The van der Waals surface area contributed by atoms with E-state index in [2.05, 4.69) is 21.2 Å². The highest BCUT2D eigenvalue weighted by molar-refractivity contribution is 9.10. The van der Waals surface area contributed by atoms with Crippen molar-refractivity contribution in [2.75, 3.05) is 6.79 Å². The second kappa shape index (κ2) is 5.22. The molecule has 3 rings (SSSR count). The van der Waals surface area contributed by atoms with Gasteiger partial charge in [0.25, 0.3) is 5.91 Å². The summed E-state index contributed by atoms with van der Waals surface area (Å²) < 4.78 is 11.5. The summed E-state index contributed by atoms with van der Waals surface area (Å²) in [5, 5.41) is 4.86. The van der Waals surface area contributed by atoms with Gasteiger partial charge >= 0.3 is 0 Å². The molecule has 1 amide bonds. The highest BCUT2D eigenvalue weighted by Crippen LogP contribution is 2.32. The van der Waals surface area contributed by atoms with Gasteiger partial charge in [0, 0.05) is 20.3 Å². The second-order valence-corrected chi connectivity index (χ2v) is 5.89. The molecule has 1 aromatic heterocycles. The largest absolute Gasteiger partial charge is 0.454 e. The number of hydrogen-bond donors (Lipinski definition) is 1. The number of benzene rings is 1. The maximum atomic E-state index is 12.0. The molecule has 0 atom stereocenters. The van der Waals surface area contributed by atoms with E-state index in [-0.39, 0.29) is 12.7 Å². The molecular weight excluding hydrogens is 330 g/mol. The van der Waals surface area contributed by atoms with Crippen LogP contribution in [-0.2, 0) is 6.54 Å². The Bertz CT molecular complexity index is 626. The Morgan fingerprint density at radius 2 is 2.16 bits per heavy atom. The lowest BCUT2D eigenvalue weighted by Gasteiger charge is -2.04. The van der Waals surface area contributed by atoms with Crippen LogP contribution in [0.2, 0.25) is 0 Å². The number of carbonyl (C=O) groups excluding carboxylic acids is 1. The molecule has 0 saturated carbocycles. The van der Waals surface area contributed by atoms with Gasteiger partial charge in [0.2, 0.25) is 6.79 Å². The van der Waals surface area contributed by atoms with Crippen molar-refractivity contribution >= 4 is 33.2 Å². The van der Waals surface area contributed by atoms with Gasteiger partial charge in [-0.2, -0.15) is 0 Å². The van der Waals surface area contributed by atoms with Crippen molar-refractivity contribution in [1.82, 2.24) is 5.32 Å². The minimum absolute atomic E-state index is 0.122. The fourth-order valence-electron chi connectivity index (χ4n) is 1.75. The summed E-state index contributed by atoms with van der Waals surface area (Å²) in [7, 11) is 0. The van der Waals surface area contributed by atoms with E-state index in [9.17, 15) is 4.79 Å². The maximum Gasteiger partial charge on any atom is 0.251 e. The molecule has 6 heteroatoms. The van der Waals surface area contributed by atoms with Gasteiger partial charge in [0.1, 0.15) is 0 Å². The fraction of sp³-hybridized carbons (Fsp3) is 0.154. The van der Waals surface area contributed by atoms with E-state index in [0.29, 0.717) is 23.6 Å². The third-order valence-corrected chi connectivity index (χ3v) is 4.38. The van der Waals surface area contributed by atoms with Gasteiger partial charge in [-0.15, -0.1) is 11.3 Å². The van der Waals surface area contributed by atoms with Gasteiger partial charge in [-0.05, 0) is 40.2 Å². The van der Waals surface area contributed by atoms with Crippen molar-refractivity contribution in [2.24, 2.45) is 0 Å². The van der Waals surface area contributed by atoms with Gasteiger partial charge in [0.05, 0.1) is 6.54 Å². The average Bonchev–Trinajstić information content (AvgIpc) is 3.03. The van der Waals surface area contributed by atoms with Crippen LogP contribution < -0.4 is 14.8 Å². The summed E-state index contributed by atoms with van der Waals surface area (Å²) in [6.07, 6.45) is 0. The number of amides is 1. The zero-order valence-electron chi connectivity index (χ0n) is 9.81. The Morgan fingerprint density at radius 3 is 2.95 bits per heavy atom. The van der Waals surface area contributed by atoms with Crippen LogP contribution in [-0.4, -0.2) is 12.7 Å². The number of fused-ring (bicyclic) bond motifs is 1. The monoisotopic (exact) mass is 339 g/mol. The van der Waals surface area contributed by atoms with E-state index < -0.39 is 0 Å². The fourth-order valence-corrected chi connectivity index (χ4v) is 3.14. The van der Waals surface area contributed by atoms with Gasteiger partial charge < -0.3 is 14.8 Å². The van der Waals surface area contributed by atoms with Crippen molar-refractivity contribution in [1.29, 1.82) is 0 Å². The maximum absolute atomic E-state index is 12.0. The Morgan fingerprint density at radius 1 is 1.32 bits per heavy atom. The molecule has 0 radical (unpaired) electrons. The quantitative estimate of drug-likeness (QED) is 0.934. The molecule has 98 valence electrons. The van der Waals surface area contributed by atoms with Crippen LogP contribution in [0.3, 0.4) is 0 Å². The number of thiophene rings is 1. The SMILES string of the molecule is O=C(NCc1cc(Br)cs1)c1ccc2c(c1)OCO2. The predicted octanol–water partition coefficient (Wildman–Crippen LogP) is 3.17. The molecule has 19 heavy (non-hydrogen) atoms. The van der Waals surface area contributed by atoms with Crippen molar-refractivity contribution in [3.8, 4) is 11.5 Å². The van der Waals surface area contributed by atoms with Crippen LogP contribution in [0, 0.1) is 0 Å². The third-order valence-electron chi connectivity index (χ3n) is 2.68. The molecule has 0 unspecified atom stereocenters. The Kier molecular flexibility index (Phi) is 3.44. The molecule has 4 nitrogen and oxygen atoms in total. The van der Waals surface area contributed by atoms with E-state index in [1.54, 1.807) is 29.5 Å². The first-order chi connectivity index (χ1) is 9.22. The van der Waals surface area contributed by atoms with Crippen LogP contribution >= 0.6 is 27.3 Å². The van der Waals surface area contributed by atoms with E-state index >= 15 is 0 Å². The van der Waals surface area contributed by atoms with Crippen molar-refractivity contribution in [2.45, 2.75) is 6.54 Å². The van der Waals surface area contributed by atoms with Crippen LogP contribution in [0.15, 0.2) is 34.1 Å². The molecule has 1 aliphatic heterocycles. The minimum Gasteiger partial charge on any atom is -0.454 e. The first-order valence-corrected chi connectivity index (χ1v) is 7.30. The van der Waals surface area contributed by atoms with Gasteiger partial charge in [-0.25, -0.2) is 0 Å². The normalized spacial score (nSPS) is 12.5. The summed E-state index contributed by atoms with van der Waals surface area (Å²) in [6.45, 7) is 0.729. The standard InChI is InChI=1S/C13H10BrNO3S/c14-9-4-10(19-6-9)5-15-13(16)8-1-2-11-12(3-8)18-7-17-11/h1-4,6H,5,7H2,(H,15,16). The second-order valence-electron chi connectivity index (χ2n) is 3.98. The molecule has 1 N–H and O–H groups in total. The number of halogens is 1. The number of nitrogens with one attached hydrogen (secondary N) is 1. The molecule has 0 aliphatic carbocycles. The first-order valence-electron chi connectivity index (χ1n) is 5.63. The summed E-state index contributed by atoms with van der Waals surface area (Å²) in [5.74, 6) is 1.17. The topological polar surface area (TPSA) is 47.6 Å². The average molecular weight is 340 g/mol. The number of ether oxygens (including phenoxy) is 2. The minimum atomic E-state index is -0.122. The van der Waals surface area contributed by atoms with Crippen molar-refractivity contribution < 1.29 is 14.3 Å². The lowest BCUT2D eigenvalue weighted by Crippen LogP contribution is -2.22. The van der Waals surface area contributed by atoms with E-state index in [4.69, 9.17) is 9.47 Å². The van der Waals surface area contributed by atoms with E-state index in [1.807, 2.05) is 11.4 Å². The predicted molar refractivity (Wildman–Crippen MR) is 75.8 cm³/mol. The lowest BCUT2D eigenvalue weighted by molar-refractivity contribution is 0.0951. The zero-order chi connectivity index (χ0) is 13.2. The lowest BCUT2D eigenvalue weighted by atomic mass is 10.2. The summed E-state index contributed by atoms with van der Waals surface area (Å²) in [6, 6.07) is 7.17. The summed E-state index contributed by atoms with van der Waals surface area (Å²) >= 11 is 4.99. The Balaban J connectivity index is 1.67. The molecule has 2 aromatic rings. The Hall–Kier alpha value is -1.53. The third kappa shape index (κ3) is 2.74. The van der Waals surface area contributed by atoms with Gasteiger partial charge in [0.15, 0.2) is 11.5 Å². The molecule has 1 aliphatic rings. The highest BCUT2D eigenvalue weighted by atomic mass is 79.9. The molecule has 0 saturated heterocycles. The smallest absolute Gasteiger partial charge is 0.251 e. The van der Waals surface area contributed by atoms with Crippen LogP contribution in [0.5, 0.6) is 11.5 Å². The number of rotatable bonds is 3. The van der Waals surface area contributed by atoms with Gasteiger partial charge in [-0.1, -0.05) is 0 Å². The zero-order valence-corrected chi connectivity index (χ0v) is 12.2. The molecule has 2 heterocycles. The summed E-state index contributed by atoms with van der Waals surface area (Å²) in [4.78, 5) is 13.1. The Labute approximate surface area is 122 Å². The van der Waals surface area contributed by atoms with E-state index in [1.165, 1.54) is 0 Å². The van der Waals surface area contributed by atoms with Crippen LogP contribution in [0.25, 0.3) is 0 Å². The molecular formula is C13H10BrNO3S. The first kappa shape index (κ1) is 12.5. The number of hydrogen-bond acceptors (Lipinski definition) is 4. The molecule has 0 spiro atoms. The van der Waals surface area contributed by atoms with E-state index in [0.717, 1.165) is 9.35 Å². The van der Waals surface area contributed by atoms with Crippen LogP contribution in [0.1, 0.15) is 15.2 Å². The van der Waals surface area contributed by atoms with Crippen molar-refractivity contribution in [3.05, 3.63) is 44.6 Å². The molecule has 0 bridgehead atoms. The van der Waals surface area contributed by atoms with Gasteiger partial charge in [-0.3, -0.25) is 4.79 Å². The highest BCUT2D eigenvalue weighted by Gasteiger charge is 2.16. The molecule has 0 fully saturated rings. The molecule has 1 aromatic carbocycles.